The number of nitrogens with zero attached hydrogens (tertiary/aromatic N) is 1. The molecule has 0 bridgehead atoms. The van der Waals surface area contributed by atoms with E-state index in [0.29, 0.717) is 30.3 Å². The third-order valence-corrected chi connectivity index (χ3v) is 10.2. The van der Waals surface area contributed by atoms with Crippen molar-refractivity contribution in [2.24, 2.45) is 0 Å². The van der Waals surface area contributed by atoms with Gasteiger partial charge < -0.3 is 24.9 Å². The van der Waals surface area contributed by atoms with Crippen molar-refractivity contribution in [1.29, 1.82) is 0 Å². The SMILES string of the molecule is CCCCCC/C=C\C/C=C\CCCCCCCC(=O)NC(COP(=O)(O)OCC[N+](C)(C)C)C(O)C(O)CCC/C=C/CCCCCCCCC. The molecule has 0 spiro atoms. The maximum absolute atomic E-state index is 12.9. The molecule has 1 amide bonds. The van der Waals surface area contributed by atoms with E-state index in [2.05, 4.69) is 55.6 Å². The fourth-order valence-electron chi connectivity index (χ4n) is 5.76. The predicted octanol–water partition coefficient (Wildman–Crippen LogP) is 10.1. The van der Waals surface area contributed by atoms with Crippen LogP contribution in [0.2, 0.25) is 0 Å². The highest BCUT2D eigenvalue weighted by molar-refractivity contribution is 7.47. The predicted molar refractivity (Wildman–Crippen MR) is 218 cm³/mol. The topological polar surface area (TPSA) is 125 Å². The number of rotatable bonds is 37. The second-order valence-electron chi connectivity index (χ2n) is 15.5. The van der Waals surface area contributed by atoms with E-state index in [1.165, 1.54) is 77.0 Å². The highest BCUT2D eigenvalue weighted by Gasteiger charge is 2.31. The van der Waals surface area contributed by atoms with E-state index in [-0.39, 0.29) is 18.9 Å². The Bertz CT molecular complexity index is 966. The maximum atomic E-state index is 12.9. The van der Waals surface area contributed by atoms with Gasteiger partial charge in [-0.3, -0.25) is 13.8 Å². The number of aliphatic hydroxyl groups is 2. The van der Waals surface area contributed by atoms with E-state index >= 15 is 0 Å². The van der Waals surface area contributed by atoms with Gasteiger partial charge in [0, 0.05) is 6.42 Å². The van der Waals surface area contributed by atoms with Gasteiger partial charge in [0.25, 0.3) is 0 Å². The van der Waals surface area contributed by atoms with E-state index in [1.54, 1.807) is 0 Å². The molecule has 0 fully saturated rings. The number of likely N-dealkylation sites (N-methyl/N-ethyl adjacent to an activating group) is 1. The van der Waals surface area contributed by atoms with Crippen molar-refractivity contribution in [2.45, 2.75) is 186 Å². The molecule has 10 heteroatoms. The van der Waals surface area contributed by atoms with Crippen LogP contribution in [0.3, 0.4) is 0 Å². The number of amides is 1. The van der Waals surface area contributed by atoms with Crippen molar-refractivity contribution in [3.8, 4) is 0 Å². The molecule has 4 unspecified atom stereocenters. The number of carbonyl (C=O) groups excluding carboxylic acids is 1. The minimum Gasteiger partial charge on any atom is -0.390 e. The summed E-state index contributed by atoms with van der Waals surface area (Å²) in [5.74, 6) is -0.284. The van der Waals surface area contributed by atoms with Crippen molar-refractivity contribution < 1.29 is 38.0 Å². The first-order chi connectivity index (χ1) is 24.9. The number of allylic oxidation sites excluding steroid dienone is 6. The first-order valence-corrected chi connectivity index (χ1v) is 22.4. The molecule has 4 N–H and O–H groups in total. The molecule has 4 atom stereocenters. The van der Waals surface area contributed by atoms with Crippen LogP contribution in [0.4, 0.5) is 0 Å². The van der Waals surface area contributed by atoms with Gasteiger partial charge in [-0.05, 0) is 70.6 Å². The van der Waals surface area contributed by atoms with Gasteiger partial charge in [0.15, 0.2) is 0 Å². The van der Waals surface area contributed by atoms with Crippen LogP contribution in [0.15, 0.2) is 36.5 Å². The van der Waals surface area contributed by atoms with Crippen LogP contribution in [0.1, 0.15) is 168 Å². The fraction of sp³-hybridized carbons (Fsp3) is 0.833. The van der Waals surface area contributed by atoms with Crippen LogP contribution < -0.4 is 5.32 Å². The molecular formula is C42H82N2O7P+. The lowest BCUT2D eigenvalue weighted by Crippen LogP contribution is -2.51. The Morgan fingerprint density at radius 1 is 0.673 bits per heavy atom. The Labute approximate surface area is 319 Å². The number of hydrogen-bond acceptors (Lipinski definition) is 6. The van der Waals surface area contributed by atoms with E-state index < -0.39 is 32.7 Å². The molecule has 0 saturated heterocycles. The lowest BCUT2D eigenvalue weighted by Gasteiger charge is -2.28. The van der Waals surface area contributed by atoms with Crippen LogP contribution >= 0.6 is 7.82 Å². The number of phosphoric ester groups is 1. The highest BCUT2D eigenvalue weighted by Crippen LogP contribution is 2.43. The summed E-state index contributed by atoms with van der Waals surface area (Å²) >= 11 is 0. The standard InChI is InChI=1S/C42H81N2O7P/c1-6-8-10-12-14-16-18-20-21-22-23-25-27-29-31-33-35-41(46)43-39(38-51-52(48,49)50-37-36-44(3,4)5)42(47)40(45)34-32-30-28-26-24-19-17-15-13-11-9-7-2/h16,18,21-22,26,28,39-40,42,45,47H,6-15,17,19-20,23-25,27,29-38H2,1-5H3,(H-,43,46,48,49)/p+1/b18-16-,22-21-,28-26+. The van der Waals surface area contributed by atoms with E-state index in [0.717, 1.165) is 51.4 Å². The molecule has 0 aliphatic carbocycles. The largest absolute Gasteiger partial charge is 0.472 e. The summed E-state index contributed by atoms with van der Waals surface area (Å²) in [6.07, 6.45) is 36.3. The quantitative estimate of drug-likeness (QED) is 0.0215. The Morgan fingerprint density at radius 2 is 1.13 bits per heavy atom. The molecule has 0 aliphatic rings. The maximum Gasteiger partial charge on any atom is 0.472 e. The van der Waals surface area contributed by atoms with Crippen molar-refractivity contribution in [3.63, 3.8) is 0 Å². The normalized spacial score (nSPS) is 15.5. The summed E-state index contributed by atoms with van der Waals surface area (Å²) < 4.78 is 23.4. The van der Waals surface area contributed by atoms with Gasteiger partial charge in [-0.1, -0.05) is 127 Å². The van der Waals surface area contributed by atoms with Gasteiger partial charge in [-0.2, -0.15) is 0 Å². The number of unbranched alkanes of at least 4 members (excludes halogenated alkanes) is 17. The summed E-state index contributed by atoms with van der Waals surface area (Å²) in [5, 5.41) is 24.6. The van der Waals surface area contributed by atoms with Gasteiger partial charge >= 0.3 is 7.82 Å². The van der Waals surface area contributed by atoms with Crippen molar-refractivity contribution in [2.75, 3.05) is 40.9 Å². The summed E-state index contributed by atoms with van der Waals surface area (Å²) in [7, 11) is 1.40. The smallest absolute Gasteiger partial charge is 0.390 e. The number of quaternary nitrogens is 1. The second-order valence-corrected chi connectivity index (χ2v) is 16.9. The van der Waals surface area contributed by atoms with Crippen LogP contribution in [-0.2, 0) is 18.4 Å². The fourth-order valence-corrected chi connectivity index (χ4v) is 6.49. The zero-order valence-corrected chi connectivity index (χ0v) is 35.1. The van der Waals surface area contributed by atoms with Gasteiger partial charge in [-0.25, -0.2) is 4.57 Å². The van der Waals surface area contributed by atoms with Gasteiger partial charge in [0.1, 0.15) is 19.3 Å². The Hall–Kier alpha value is -1.32. The molecule has 0 rings (SSSR count). The van der Waals surface area contributed by atoms with Crippen LogP contribution in [0.25, 0.3) is 0 Å². The van der Waals surface area contributed by atoms with Gasteiger partial charge in [0.05, 0.1) is 39.9 Å². The Kier molecular flexibility index (Phi) is 33.3. The van der Waals surface area contributed by atoms with Crippen molar-refractivity contribution in [3.05, 3.63) is 36.5 Å². The Balaban J connectivity index is 4.62. The van der Waals surface area contributed by atoms with E-state index in [9.17, 15) is 24.5 Å². The molecule has 0 heterocycles. The lowest BCUT2D eigenvalue weighted by atomic mass is 10.0. The average Bonchev–Trinajstić information content (AvgIpc) is 3.09. The van der Waals surface area contributed by atoms with Crippen LogP contribution in [0.5, 0.6) is 0 Å². The molecule has 0 aromatic heterocycles. The monoisotopic (exact) mass is 758 g/mol. The molecule has 0 saturated carbocycles. The van der Waals surface area contributed by atoms with Gasteiger partial charge in [-0.15, -0.1) is 0 Å². The minimum absolute atomic E-state index is 0.0127. The molecule has 52 heavy (non-hydrogen) atoms. The third-order valence-electron chi connectivity index (χ3n) is 9.20. The minimum atomic E-state index is -4.42. The number of nitrogens with one attached hydrogen (secondary N) is 1. The molecule has 9 nitrogen and oxygen atoms in total. The first-order valence-electron chi connectivity index (χ1n) is 20.9. The number of hydrogen-bond donors (Lipinski definition) is 4. The van der Waals surface area contributed by atoms with E-state index in [1.807, 2.05) is 21.1 Å². The average molecular weight is 758 g/mol. The lowest BCUT2D eigenvalue weighted by molar-refractivity contribution is -0.870. The Morgan fingerprint density at radius 3 is 1.67 bits per heavy atom. The summed E-state index contributed by atoms with van der Waals surface area (Å²) in [5.41, 5.74) is 0. The summed E-state index contributed by atoms with van der Waals surface area (Å²) in [6, 6.07) is -1.06. The molecule has 306 valence electrons. The zero-order valence-electron chi connectivity index (χ0n) is 34.2. The highest BCUT2D eigenvalue weighted by atomic mass is 31.2. The van der Waals surface area contributed by atoms with E-state index in [4.69, 9.17) is 9.05 Å². The van der Waals surface area contributed by atoms with Crippen molar-refractivity contribution in [1.82, 2.24) is 5.32 Å². The van der Waals surface area contributed by atoms with Crippen molar-refractivity contribution >= 4 is 13.7 Å². The molecule has 0 aliphatic heterocycles. The summed E-state index contributed by atoms with van der Waals surface area (Å²) in [4.78, 5) is 23.1. The molecule has 0 aromatic rings. The number of phosphoric acid groups is 1. The number of aliphatic hydroxyl groups excluding tert-OH is 2. The number of carbonyl (C=O) groups is 1. The second kappa shape index (κ2) is 34.2. The van der Waals surface area contributed by atoms with Gasteiger partial charge in [0.2, 0.25) is 5.91 Å². The summed E-state index contributed by atoms with van der Waals surface area (Å²) in [6.45, 7) is 4.52. The molecule has 0 aromatic carbocycles. The molecule has 0 radical (unpaired) electrons. The third kappa shape index (κ3) is 34.4. The first kappa shape index (κ1) is 50.7. The molecular weight excluding hydrogens is 675 g/mol. The van der Waals surface area contributed by atoms with Crippen LogP contribution in [-0.4, -0.2) is 84.6 Å². The van der Waals surface area contributed by atoms with Crippen LogP contribution in [0, 0.1) is 0 Å². The zero-order chi connectivity index (χ0) is 38.8.